The van der Waals surface area contributed by atoms with Gasteiger partial charge < -0.3 is 15.4 Å². The second kappa shape index (κ2) is 9.19. The summed E-state index contributed by atoms with van der Waals surface area (Å²) in [5, 5.41) is 13.7. The third-order valence-electron chi connectivity index (χ3n) is 6.02. The van der Waals surface area contributed by atoms with Gasteiger partial charge in [-0.05, 0) is 29.7 Å². The van der Waals surface area contributed by atoms with Crippen LogP contribution in [0.15, 0.2) is 71.9 Å². The minimum absolute atomic E-state index is 0.122. The van der Waals surface area contributed by atoms with Crippen LogP contribution in [0.25, 0.3) is 21.1 Å². The lowest BCUT2D eigenvalue weighted by Crippen LogP contribution is -2.42. The molecule has 0 fully saturated rings. The average Bonchev–Trinajstić information content (AvgIpc) is 3.42. The molecular weight excluding hydrogens is 464 g/mol. The van der Waals surface area contributed by atoms with Crippen LogP contribution in [0.1, 0.15) is 26.4 Å². The number of carbonyl (C=O) groups excluding carboxylic acids is 1. The van der Waals surface area contributed by atoms with Crippen molar-refractivity contribution in [3.8, 4) is 0 Å². The Balaban J connectivity index is 1.42. The Morgan fingerprint density at radius 2 is 1.89 bits per heavy atom. The first-order valence-electron chi connectivity index (χ1n) is 11.0. The minimum Gasteiger partial charge on any atom is -0.480 e. The molecule has 0 saturated carbocycles. The molecule has 0 spiro atoms. The van der Waals surface area contributed by atoms with Gasteiger partial charge in [-0.15, -0.1) is 11.3 Å². The van der Waals surface area contributed by atoms with Crippen LogP contribution in [0.2, 0.25) is 0 Å². The number of para-hydroxylation sites is 1. The minimum atomic E-state index is -1.13. The molecule has 176 valence electrons. The summed E-state index contributed by atoms with van der Waals surface area (Å²) in [6.45, 7) is 2.06. The molecule has 3 aromatic heterocycles. The molecule has 2 aromatic carbocycles. The lowest BCUT2D eigenvalue weighted by Gasteiger charge is -2.14. The van der Waals surface area contributed by atoms with Crippen molar-refractivity contribution >= 4 is 44.3 Å². The highest BCUT2D eigenvalue weighted by Gasteiger charge is 2.26. The first-order chi connectivity index (χ1) is 16.9. The van der Waals surface area contributed by atoms with Gasteiger partial charge in [0.25, 0.3) is 11.5 Å². The van der Waals surface area contributed by atoms with Crippen LogP contribution in [0.5, 0.6) is 0 Å². The second-order valence-corrected chi connectivity index (χ2v) is 9.33. The summed E-state index contributed by atoms with van der Waals surface area (Å²) in [6, 6.07) is 16.0. The number of aliphatic carboxylic acids is 1. The van der Waals surface area contributed by atoms with E-state index in [1.165, 1.54) is 10.9 Å². The van der Waals surface area contributed by atoms with Crippen LogP contribution < -0.4 is 10.9 Å². The molecule has 0 aliphatic carbocycles. The fourth-order valence-corrected chi connectivity index (χ4v) is 5.26. The van der Waals surface area contributed by atoms with Gasteiger partial charge in [0.05, 0.1) is 23.1 Å². The van der Waals surface area contributed by atoms with E-state index >= 15 is 0 Å². The number of amides is 1. The summed E-state index contributed by atoms with van der Waals surface area (Å²) in [5.41, 5.74) is 2.92. The molecule has 1 atom stereocenters. The second-order valence-electron chi connectivity index (χ2n) is 8.33. The summed E-state index contributed by atoms with van der Waals surface area (Å²) in [7, 11) is 0. The average molecular weight is 487 g/mol. The monoisotopic (exact) mass is 486 g/mol. The molecule has 3 heterocycles. The van der Waals surface area contributed by atoms with Crippen LogP contribution in [-0.2, 0) is 17.8 Å². The molecule has 3 N–H and O–H groups in total. The van der Waals surface area contributed by atoms with E-state index < -0.39 is 17.9 Å². The highest BCUT2D eigenvalue weighted by molar-refractivity contribution is 7.20. The molecule has 0 aliphatic rings. The molecule has 0 radical (unpaired) electrons. The lowest BCUT2D eigenvalue weighted by atomic mass is 10.0. The van der Waals surface area contributed by atoms with Crippen molar-refractivity contribution in [1.82, 2.24) is 19.9 Å². The van der Waals surface area contributed by atoms with Crippen molar-refractivity contribution in [2.24, 2.45) is 0 Å². The standard InChI is InChI=1S/C26H22N4O4S/c1-15-21-24(28-14-30(25(21)32)13-16-7-3-2-4-8-16)35-22(15)23(31)29-20(26(33)34)11-17-12-27-19-10-6-5-9-18(17)19/h2-10,12,14,20,27H,11,13H2,1H3,(H,29,31)(H,33,34). The van der Waals surface area contributed by atoms with Gasteiger partial charge in [-0.25, -0.2) is 9.78 Å². The van der Waals surface area contributed by atoms with Gasteiger partial charge in [0, 0.05) is 23.5 Å². The highest BCUT2D eigenvalue weighted by atomic mass is 32.1. The predicted octanol–water partition coefficient (Wildman–Crippen LogP) is 3.72. The fourth-order valence-electron chi connectivity index (χ4n) is 4.21. The van der Waals surface area contributed by atoms with Crippen LogP contribution in [0.3, 0.4) is 0 Å². The molecule has 35 heavy (non-hydrogen) atoms. The number of fused-ring (bicyclic) bond motifs is 2. The maximum atomic E-state index is 13.2. The van der Waals surface area contributed by atoms with Gasteiger partial charge in [-0.3, -0.25) is 14.2 Å². The molecular formula is C26H22N4O4S. The molecule has 8 nitrogen and oxygen atoms in total. The van der Waals surface area contributed by atoms with E-state index in [9.17, 15) is 19.5 Å². The number of aryl methyl sites for hydroxylation is 1. The van der Waals surface area contributed by atoms with Crippen molar-refractivity contribution in [1.29, 1.82) is 0 Å². The normalized spacial score (nSPS) is 12.1. The Morgan fingerprint density at radius 1 is 1.14 bits per heavy atom. The lowest BCUT2D eigenvalue weighted by molar-refractivity contribution is -0.139. The third-order valence-corrected chi connectivity index (χ3v) is 7.22. The number of carboxylic acid groups (broad SMARTS) is 1. The first kappa shape index (κ1) is 22.5. The number of hydrogen-bond acceptors (Lipinski definition) is 5. The van der Waals surface area contributed by atoms with Crippen molar-refractivity contribution < 1.29 is 14.7 Å². The molecule has 0 bridgehead atoms. The number of thiophene rings is 1. The van der Waals surface area contributed by atoms with E-state index in [0.717, 1.165) is 33.4 Å². The topological polar surface area (TPSA) is 117 Å². The van der Waals surface area contributed by atoms with Gasteiger partial charge in [-0.2, -0.15) is 0 Å². The number of carboxylic acids is 1. The molecule has 5 aromatic rings. The zero-order valence-electron chi connectivity index (χ0n) is 18.8. The SMILES string of the molecule is Cc1c(C(=O)NC(Cc2c[nH]c3ccccc23)C(=O)O)sc2ncn(Cc3ccccc3)c(=O)c12. The van der Waals surface area contributed by atoms with Crippen LogP contribution >= 0.6 is 11.3 Å². The zero-order chi connectivity index (χ0) is 24.5. The van der Waals surface area contributed by atoms with Crippen LogP contribution in [0, 0.1) is 6.92 Å². The summed E-state index contributed by atoms with van der Waals surface area (Å²) >= 11 is 1.09. The number of hydrogen-bond donors (Lipinski definition) is 3. The van der Waals surface area contributed by atoms with Gasteiger partial charge in [-0.1, -0.05) is 48.5 Å². The maximum Gasteiger partial charge on any atom is 0.326 e. The maximum absolute atomic E-state index is 13.2. The zero-order valence-corrected chi connectivity index (χ0v) is 19.6. The largest absolute Gasteiger partial charge is 0.480 e. The van der Waals surface area contributed by atoms with E-state index in [2.05, 4.69) is 15.3 Å². The Labute approximate surface area is 203 Å². The number of rotatable bonds is 7. The number of aromatic nitrogens is 3. The fraction of sp³-hybridized carbons (Fsp3) is 0.154. The number of aromatic amines is 1. The van der Waals surface area contributed by atoms with Gasteiger partial charge >= 0.3 is 5.97 Å². The summed E-state index contributed by atoms with van der Waals surface area (Å²) in [6.07, 6.45) is 3.36. The van der Waals surface area contributed by atoms with E-state index in [4.69, 9.17) is 0 Å². The quantitative estimate of drug-likeness (QED) is 0.324. The van der Waals surface area contributed by atoms with E-state index in [1.807, 2.05) is 54.6 Å². The number of nitrogens with zero attached hydrogens (tertiary/aromatic N) is 2. The van der Waals surface area contributed by atoms with Crippen molar-refractivity contribution in [3.05, 3.63) is 99.0 Å². The Bertz CT molecular complexity index is 1620. The van der Waals surface area contributed by atoms with E-state index in [0.29, 0.717) is 22.3 Å². The molecule has 1 amide bonds. The van der Waals surface area contributed by atoms with Gasteiger partial charge in [0.1, 0.15) is 10.9 Å². The van der Waals surface area contributed by atoms with Gasteiger partial charge in [0.2, 0.25) is 0 Å². The van der Waals surface area contributed by atoms with Gasteiger partial charge in [0.15, 0.2) is 0 Å². The number of benzene rings is 2. The number of nitrogens with one attached hydrogen (secondary N) is 2. The van der Waals surface area contributed by atoms with Crippen molar-refractivity contribution in [3.63, 3.8) is 0 Å². The molecule has 1 unspecified atom stereocenters. The summed E-state index contributed by atoms with van der Waals surface area (Å²) < 4.78 is 1.51. The predicted molar refractivity (Wildman–Crippen MR) is 135 cm³/mol. The smallest absolute Gasteiger partial charge is 0.326 e. The summed E-state index contributed by atoms with van der Waals surface area (Å²) in [4.78, 5) is 46.5. The Kier molecular flexibility index (Phi) is 5.92. The van der Waals surface area contributed by atoms with Crippen molar-refractivity contribution in [2.75, 3.05) is 0 Å². The van der Waals surface area contributed by atoms with E-state index in [-0.39, 0.29) is 16.9 Å². The molecule has 5 rings (SSSR count). The molecule has 9 heteroatoms. The van der Waals surface area contributed by atoms with Crippen molar-refractivity contribution in [2.45, 2.75) is 25.9 Å². The summed E-state index contributed by atoms with van der Waals surface area (Å²) in [5.74, 6) is -1.67. The Morgan fingerprint density at radius 3 is 2.66 bits per heavy atom. The number of carbonyl (C=O) groups is 2. The number of H-pyrrole nitrogens is 1. The highest BCUT2D eigenvalue weighted by Crippen LogP contribution is 2.27. The van der Waals surface area contributed by atoms with Crippen LogP contribution in [0.4, 0.5) is 0 Å². The van der Waals surface area contributed by atoms with Crippen LogP contribution in [-0.4, -0.2) is 37.6 Å². The van der Waals surface area contributed by atoms with E-state index in [1.54, 1.807) is 13.1 Å². The molecule has 0 saturated heterocycles. The third kappa shape index (κ3) is 4.33. The Hall–Kier alpha value is -4.24. The molecule has 0 aliphatic heterocycles. The first-order valence-corrected chi connectivity index (χ1v) is 11.8.